The van der Waals surface area contributed by atoms with Gasteiger partial charge in [-0.25, -0.2) is 0 Å². The smallest absolute Gasteiger partial charge is 0.0702 e. The molecular formula is C13H26ClNO. The lowest BCUT2D eigenvalue weighted by Crippen LogP contribution is -2.40. The van der Waals surface area contributed by atoms with E-state index in [0.29, 0.717) is 6.10 Å². The van der Waals surface area contributed by atoms with Crippen molar-refractivity contribution in [3.8, 4) is 0 Å². The Hall–Kier alpha value is 0.210. The van der Waals surface area contributed by atoms with Gasteiger partial charge in [-0.3, -0.25) is 0 Å². The number of halogens is 1. The normalized spacial score (nSPS) is 22.5. The molecular weight excluding hydrogens is 222 g/mol. The zero-order chi connectivity index (χ0) is 11.6. The van der Waals surface area contributed by atoms with Crippen LogP contribution in [0.25, 0.3) is 0 Å². The number of alkyl halides is 1. The summed E-state index contributed by atoms with van der Waals surface area (Å²) in [6.45, 7) is 6.59. The summed E-state index contributed by atoms with van der Waals surface area (Å²) in [5.74, 6) is 0.816. The van der Waals surface area contributed by atoms with E-state index in [0.717, 1.165) is 19.0 Å². The Morgan fingerprint density at radius 3 is 2.81 bits per heavy atom. The molecule has 0 aromatic carbocycles. The largest absolute Gasteiger partial charge is 0.377 e. The Kier molecular flexibility index (Phi) is 8.26. The third-order valence-electron chi connectivity index (χ3n) is 3.22. The van der Waals surface area contributed by atoms with Gasteiger partial charge in [0.05, 0.1) is 6.10 Å². The van der Waals surface area contributed by atoms with Crippen molar-refractivity contribution < 1.29 is 4.74 Å². The Bertz CT molecular complexity index is 164. The Morgan fingerprint density at radius 1 is 1.25 bits per heavy atom. The molecule has 2 nitrogen and oxygen atoms in total. The first-order chi connectivity index (χ1) is 7.86. The minimum absolute atomic E-state index is 0.488. The first-order valence-corrected chi connectivity index (χ1v) is 7.30. The van der Waals surface area contributed by atoms with Gasteiger partial charge in [-0.1, -0.05) is 12.8 Å². The van der Waals surface area contributed by atoms with Crippen LogP contribution < -0.4 is 0 Å². The first kappa shape index (κ1) is 14.3. The summed E-state index contributed by atoms with van der Waals surface area (Å²) in [4.78, 5) is 2.56. The molecule has 1 atom stereocenters. The standard InChI is InChI=1S/C13H26ClNO/c1-2-16-13-8-7-11-15(12-13)10-6-4-3-5-9-14/h13H,2-12H2,1H3. The molecule has 96 valence electrons. The zero-order valence-electron chi connectivity index (χ0n) is 10.6. The van der Waals surface area contributed by atoms with Crippen molar-refractivity contribution in [2.24, 2.45) is 0 Å². The van der Waals surface area contributed by atoms with Crippen LogP contribution in [0.15, 0.2) is 0 Å². The van der Waals surface area contributed by atoms with E-state index in [-0.39, 0.29) is 0 Å². The number of hydrogen-bond donors (Lipinski definition) is 0. The second-order valence-electron chi connectivity index (χ2n) is 4.62. The van der Waals surface area contributed by atoms with Gasteiger partial charge in [0.25, 0.3) is 0 Å². The van der Waals surface area contributed by atoms with E-state index in [1.54, 1.807) is 0 Å². The van der Waals surface area contributed by atoms with Gasteiger partial charge >= 0.3 is 0 Å². The molecule has 0 aromatic heterocycles. The summed E-state index contributed by atoms with van der Waals surface area (Å²) in [5, 5.41) is 0. The number of piperidine rings is 1. The number of rotatable bonds is 8. The van der Waals surface area contributed by atoms with Crippen LogP contribution in [0, 0.1) is 0 Å². The average molecular weight is 248 g/mol. The Labute approximate surface area is 105 Å². The van der Waals surface area contributed by atoms with Crippen LogP contribution in [0.5, 0.6) is 0 Å². The molecule has 1 aliphatic heterocycles. The van der Waals surface area contributed by atoms with E-state index in [2.05, 4.69) is 11.8 Å². The molecule has 1 saturated heterocycles. The van der Waals surface area contributed by atoms with E-state index in [1.165, 1.54) is 51.6 Å². The summed E-state index contributed by atoms with van der Waals surface area (Å²) < 4.78 is 5.70. The zero-order valence-corrected chi connectivity index (χ0v) is 11.3. The molecule has 1 fully saturated rings. The van der Waals surface area contributed by atoms with Crippen molar-refractivity contribution in [1.82, 2.24) is 4.90 Å². The van der Waals surface area contributed by atoms with Gasteiger partial charge in [-0.15, -0.1) is 11.6 Å². The quantitative estimate of drug-likeness (QED) is 0.482. The molecule has 0 aromatic rings. The van der Waals surface area contributed by atoms with Gasteiger partial charge in [0.1, 0.15) is 0 Å². The predicted octanol–water partition coefficient (Wildman–Crippen LogP) is 3.29. The highest BCUT2D eigenvalue weighted by atomic mass is 35.5. The van der Waals surface area contributed by atoms with Crippen molar-refractivity contribution in [3.05, 3.63) is 0 Å². The van der Waals surface area contributed by atoms with Gasteiger partial charge in [0, 0.05) is 19.0 Å². The number of unbranched alkanes of at least 4 members (excludes halogenated alkanes) is 3. The highest BCUT2D eigenvalue weighted by molar-refractivity contribution is 6.17. The minimum atomic E-state index is 0.488. The molecule has 16 heavy (non-hydrogen) atoms. The third kappa shape index (κ3) is 6.07. The minimum Gasteiger partial charge on any atom is -0.377 e. The molecule has 0 aliphatic carbocycles. The maximum atomic E-state index is 5.70. The average Bonchev–Trinajstić information content (AvgIpc) is 2.30. The molecule has 0 bridgehead atoms. The molecule has 1 unspecified atom stereocenters. The molecule has 0 spiro atoms. The highest BCUT2D eigenvalue weighted by Crippen LogP contribution is 2.14. The summed E-state index contributed by atoms with van der Waals surface area (Å²) in [6.07, 6.45) is 8.12. The summed E-state index contributed by atoms with van der Waals surface area (Å²) in [6, 6.07) is 0. The number of ether oxygens (including phenoxy) is 1. The first-order valence-electron chi connectivity index (χ1n) is 6.76. The van der Waals surface area contributed by atoms with Gasteiger partial charge in [-0.05, 0) is 45.7 Å². The predicted molar refractivity (Wildman–Crippen MR) is 70.3 cm³/mol. The van der Waals surface area contributed by atoms with Crippen LogP contribution >= 0.6 is 11.6 Å². The number of nitrogens with zero attached hydrogens (tertiary/aromatic N) is 1. The second-order valence-corrected chi connectivity index (χ2v) is 5.00. The number of hydrogen-bond acceptors (Lipinski definition) is 2. The van der Waals surface area contributed by atoms with Crippen LogP contribution in [0.1, 0.15) is 45.4 Å². The SMILES string of the molecule is CCOC1CCCN(CCCCCCCl)C1. The topological polar surface area (TPSA) is 12.5 Å². The molecule has 1 rings (SSSR count). The lowest BCUT2D eigenvalue weighted by atomic mass is 10.1. The van der Waals surface area contributed by atoms with Crippen LogP contribution in [0.2, 0.25) is 0 Å². The van der Waals surface area contributed by atoms with E-state index < -0.39 is 0 Å². The molecule has 0 amide bonds. The summed E-state index contributed by atoms with van der Waals surface area (Å²) in [5.41, 5.74) is 0. The van der Waals surface area contributed by atoms with Crippen LogP contribution in [0.3, 0.4) is 0 Å². The molecule has 3 heteroatoms. The Morgan fingerprint density at radius 2 is 2.06 bits per heavy atom. The van der Waals surface area contributed by atoms with Gasteiger partial charge in [0.15, 0.2) is 0 Å². The highest BCUT2D eigenvalue weighted by Gasteiger charge is 2.19. The maximum absolute atomic E-state index is 5.70. The van der Waals surface area contributed by atoms with Crippen molar-refractivity contribution in [2.75, 3.05) is 32.1 Å². The molecule has 0 N–H and O–H groups in total. The molecule has 0 radical (unpaired) electrons. The lowest BCUT2D eigenvalue weighted by Gasteiger charge is -2.32. The number of likely N-dealkylation sites (tertiary alicyclic amines) is 1. The lowest BCUT2D eigenvalue weighted by molar-refractivity contribution is 0.00559. The fourth-order valence-electron chi connectivity index (χ4n) is 2.37. The maximum Gasteiger partial charge on any atom is 0.0702 e. The molecule has 1 heterocycles. The summed E-state index contributed by atoms with van der Waals surface area (Å²) in [7, 11) is 0. The van der Waals surface area contributed by atoms with E-state index >= 15 is 0 Å². The van der Waals surface area contributed by atoms with Gasteiger partial charge in [-0.2, -0.15) is 0 Å². The Balaban J connectivity index is 2.02. The van der Waals surface area contributed by atoms with E-state index in [1.807, 2.05) is 0 Å². The van der Waals surface area contributed by atoms with Crippen molar-refractivity contribution in [3.63, 3.8) is 0 Å². The van der Waals surface area contributed by atoms with Crippen LogP contribution in [0.4, 0.5) is 0 Å². The van der Waals surface area contributed by atoms with Crippen LogP contribution in [-0.2, 0) is 4.74 Å². The monoisotopic (exact) mass is 247 g/mol. The van der Waals surface area contributed by atoms with E-state index in [4.69, 9.17) is 16.3 Å². The van der Waals surface area contributed by atoms with Crippen molar-refractivity contribution in [2.45, 2.75) is 51.6 Å². The third-order valence-corrected chi connectivity index (χ3v) is 3.49. The van der Waals surface area contributed by atoms with Crippen LogP contribution in [-0.4, -0.2) is 43.1 Å². The molecule has 1 aliphatic rings. The summed E-state index contributed by atoms with van der Waals surface area (Å²) >= 11 is 5.66. The fraction of sp³-hybridized carbons (Fsp3) is 1.00. The van der Waals surface area contributed by atoms with E-state index in [9.17, 15) is 0 Å². The fourth-order valence-corrected chi connectivity index (χ4v) is 2.56. The van der Waals surface area contributed by atoms with Gasteiger partial charge in [0.2, 0.25) is 0 Å². The van der Waals surface area contributed by atoms with Crippen molar-refractivity contribution >= 4 is 11.6 Å². The van der Waals surface area contributed by atoms with Gasteiger partial charge < -0.3 is 9.64 Å². The molecule has 0 saturated carbocycles. The van der Waals surface area contributed by atoms with Crippen molar-refractivity contribution in [1.29, 1.82) is 0 Å². The second kappa shape index (κ2) is 9.26.